The first-order valence-corrected chi connectivity index (χ1v) is 9.37. The number of anilines is 2. The highest BCUT2D eigenvalue weighted by Gasteiger charge is 2.23. The Morgan fingerprint density at radius 3 is 2.14 bits per heavy atom. The summed E-state index contributed by atoms with van der Waals surface area (Å²) in [7, 11) is 0. The van der Waals surface area contributed by atoms with Gasteiger partial charge < -0.3 is 15.0 Å². The normalized spacial score (nSPS) is 14.1. The van der Waals surface area contributed by atoms with Crippen molar-refractivity contribution in [2.45, 2.75) is 5.92 Å². The van der Waals surface area contributed by atoms with Crippen LogP contribution < -0.4 is 10.2 Å². The molecule has 28 heavy (non-hydrogen) atoms. The monoisotopic (exact) mass is 374 g/mol. The van der Waals surface area contributed by atoms with Gasteiger partial charge in [-0.05, 0) is 11.1 Å². The number of hydrogen-bond donors (Lipinski definition) is 1. The SMILES string of the molecule is O=C(Nc1cc(N2CCOCC2)ncn1)C(c1ccccc1)c1ccccc1. The predicted molar refractivity (Wildman–Crippen MR) is 108 cm³/mol. The molecule has 4 rings (SSSR count). The molecule has 0 atom stereocenters. The third-order valence-electron chi connectivity index (χ3n) is 4.77. The zero-order chi connectivity index (χ0) is 19.2. The second-order valence-corrected chi connectivity index (χ2v) is 6.60. The zero-order valence-electron chi connectivity index (χ0n) is 15.5. The van der Waals surface area contributed by atoms with E-state index in [1.807, 2.05) is 66.7 Å². The van der Waals surface area contributed by atoms with Gasteiger partial charge in [-0.2, -0.15) is 0 Å². The van der Waals surface area contributed by atoms with E-state index in [4.69, 9.17) is 4.74 Å². The van der Waals surface area contributed by atoms with Crippen LogP contribution in [0.25, 0.3) is 0 Å². The van der Waals surface area contributed by atoms with Crippen LogP contribution in [0.1, 0.15) is 17.0 Å². The van der Waals surface area contributed by atoms with Gasteiger partial charge >= 0.3 is 0 Å². The van der Waals surface area contributed by atoms with Crippen molar-refractivity contribution >= 4 is 17.5 Å². The molecule has 6 heteroatoms. The maximum absolute atomic E-state index is 13.2. The fourth-order valence-corrected chi connectivity index (χ4v) is 3.37. The van der Waals surface area contributed by atoms with Gasteiger partial charge in [0.25, 0.3) is 0 Å². The summed E-state index contributed by atoms with van der Waals surface area (Å²) in [6.45, 7) is 2.91. The molecule has 1 aliphatic heterocycles. The van der Waals surface area contributed by atoms with Crippen LogP contribution in [0.4, 0.5) is 11.6 Å². The van der Waals surface area contributed by atoms with Gasteiger partial charge in [-0.15, -0.1) is 0 Å². The molecule has 3 aromatic rings. The molecule has 0 radical (unpaired) electrons. The molecule has 1 amide bonds. The first kappa shape index (κ1) is 18.1. The van der Waals surface area contributed by atoms with E-state index in [1.165, 1.54) is 6.33 Å². The van der Waals surface area contributed by atoms with Crippen LogP contribution in [0, 0.1) is 0 Å². The Bertz CT molecular complexity index is 873. The van der Waals surface area contributed by atoms with Crippen molar-refractivity contribution in [3.05, 3.63) is 84.2 Å². The molecule has 0 saturated carbocycles. The standard InChI is InChI=1S/C22H22N4O2/c27-22(21(17-7-3-1-4-8-17)18-9-5-2-6-10-18)25-19-15-20(24-16-23-19)26-11-13-28-14-12-26/h1-10,15-16,21H,11-14H2,(H,23,24,25,27). The first-order chi connectivity index (χ1) is 13.8. The number of nitrogens with one attached hydrogen (secondary N) is 1. The van der Waals surface area contributed by atoms with E-state index >= 15 is 0 Å². The summed E-state index contributed by atoms with van der Waals surface area (Å²) in [4.78, 5) is 23.9. The average Bonchev–Trinajstić information content (AvgIpc) is 2.76. The van der Waals surface area contributed by atoms with Gasteiger partial charge in [0, 0.05) is 19.2 Å². The zero-order valence-corrected chi connectivity index (χ0v) is 15.5. The molecule has 142 valence electrons. The third kappa shape index (κ3) is 4.18. The molecule has 0 aliphatic carbocycles. The number of hydrogen-bond acceptors (Lipinski definition) is 5. The molecule has 0 unspecified atom stereocenters. The Hall–Kier alpha value is -3.25. The first-order valence-electron chi connectivity index (χ1n) is 9.37. The fourth-order valence-electron chi connectivity index (χ4n) is 3.37. The molecule has 1 aromatic heterocycles. The molecule has 1 saturated heterocycles. The quantitative estimate of drug-likeness (QED) is 0.743. The van der Waals surface area contributed by atoms with Crippen molar-refractivity contribution < 1.29 is 9.53 Å². The summed E-state index contributed by atoms with van der Waals surface area (Å²) in [6.07, 6.45) is 1.49. The van der Waals surface area contributed by atoms with Crippen LogP contribution in [0.15, 0.2) is 73.1 Å². The van der Waals surface area contributed by atoms with Crippen LogP contribution in [0.3, 0.4) is 0 Å². The summed E-state index contributed by atoms with van der Waals surface area (Å²) in [5.41, 5.74) is 1.88. The number of ether oxygens (including phenoxy) is 1. The van der Waals surface area contributed by atoms with E-state index in [1.54, 1.807) is 0 Å². The molecule has 2 heterocycles. The smallest absolute Gasteiger partial charge is 0.237 e. The lowest BCUT2D eigenvalue weighted by Crippen LogP contribution is -2.36. The molecular formula is C22H22N4O2. The van der Waals surface area contributed by atoms with Crippen molar-refractivity contribution in [2.24, 2.45) is 0 Å². The fraction of sp³-hybridized carbons (Fsp3) is 0.227. The Balaban J connectivity index is 1.58. The summed E-state index contributed by atoms with van der Waals surface area (Å²) in [6, 6.07) is 21.4. The molecular weight excluding hydrogens is 352 g/mol. The van der Waals surface area contributed by atoms with E-state index in [0.717, 1.165) is 30.0 Å². The van der Waals surface area contributed by atoms with E-state index in [9.17, 15) is 4.79 Å². The highest BCUT2D eigenvalue weighted by atomic mass is 16.5. The van der Waals surface area contributed by atoms with Crippen molar-refractivity contribution in [2.75, 3.05) is 36.5 Å². The van der Waals surface area contributed by atoms with Crippen molar-refractivity contribution in [1.29, 1.82) is 0 Å². The number of carbonyl (C=O) groups excluding carboxylic acids is 1. The van der Waals surface area contributed by atoms with Gasteiger partial charge in [-0.25, -0.2) is 9.97 Å². The van der Waals surface area contributed by atoms with Gasteiger partial charge in [0.15, 0.2) is 0 Å². The Kier molecular flexibility index (Phi) is 5.58. The van der Waals surface area contributed by atoms with Crippen LogP contribution in [-0.4, -0.2) is 42.2 Å². The van der Waals surface area contributed by atoms with E-state index in [2.05, 4.69) is 20.2 Å². The van der Waals surface area contributed by atoms with Crippen LogP contribution in [0.2, 0.25) is 0 Å². The second-order valence-electron chi connectivity index (χ2n) is 6.60. The van der Waals surface area contributed by atoms with E-state index in [-0.39, 0.29) is 5.91 Å². The lowest BCUT2D eigenvalue weighted by Gasteiger charge is -2.27. The van der Waals surface area contributed by atoms with Gasteiger partial charge in [0.05, 0.1) is 19.1 Å². The van der Waals surface area contributed by atoms with E-state index in [0.29, 0.717) is 19.0 Å². The molecule has 0 spiro atoms. The van der Waals surface area contributed by atoms with Crippen molar-refractivity contribution in [3.63, 3.8) is 0 Å². The molecule has 1 fully saturated rings. The maximum Gasteiger partial charge on any atom is 0.237 e. The van der Waals surface area contributed by atoms with Crippen LogP contribution in [0.5, 0.6) is 0 Å². The van der Waals surface area contributed by atoms with Gasteiger partial charge in [0.1, 0.15) is 18.0 Å². The third-order valence-corrected chi connectivity index (χ3v) is 4.77. The van der Waals surface area contributed by atoms with Crippen molar-refractivity contribution in [3.8, 4) is 0 Å². The number of morpholine rings is 1. The minimum absolute atomic E-state index is 0.121. The van der Waals surface area contributed by atoms with Crippen LogP contribution >= 0.6 is 0 Å². The lowest BCUT2D eigenvalue weighted by molar-refractivity contribution is -0.116. The molecule has 6 nitrogen and oxygen atoms in total. The highest BCUT2D eigenvalue weighted by Crippen LogP contribution is 2.26. The van der Waals surface area contributed by atoms with Gasteiger partial charge in [-0.3, -0.25) is 4.79 Å². The number of aromatic nitrogens is 2. The van der Waals surface area contributed by atoms with E-state index < -0.39 is 5.92 Å². The lowest BCUT2D eigenvalue weighted by atomic mass is 9.90. The number of benzene rings is 2. The Labute approximate surface area is 164 Å². The van der Waals surface area contributed by atoms with Gasteiger partial charge in [0.2, 0.25) is 5.91 Å². The number of amides is 1. The minimum atomic E-state index is -0.413. The summed E-state index contributed by atoms with van der Waals surface area (Å²) >= 11 is 0. The highest BCUT2D eigenvalue weighted by molar-refractivity contribution is 5.97. The summed E-state index contributed by atoms with van der Waals surface area (Å²) in [5.74, 6) is 0.760. The minimum Gasteiger partial charge on any atom is -0.378 e. The average molecular weight is 374 g/mol. The second kappa shape index (κ2) is 8.63. The van der Waals surface area contributed by atoms with Crippen LogP contribution in [-0.2, 0) is 9.53 Å². The number of rotatable bonds is 5. The van der Waals surface area contributed by atoms with Gasteiger partial charge in [-0.1, -0.05) is 60.7 Å². The molecule has 1 aliphatic rings. The number of nitrogens with zero attached hydrogens (tertiary/aromatic N) is 3. The molecule has 1 N–H and O–H groups in total. The molecule has 2 aromatic carbocycles. The topological polar surface area (TPSA) is 67.4 Å². The Morgan fingerprint density at radius 1 is 0.929 bits per heavy atom. The van der Waals surface area contributed by atoms with Crippen molar-refractivity contribution in [1.82, 2.24) is 9.97 Å². The summed E-state index contributed by atoms with van der Waals surface area (Å²) < 4.78 is 5.39. The molecule has 0 bridgehead atoms. The Morgan fingerprint density at radius 2 is 1.54 bits per heavy atom. The predicted octanol–water partition coefficient (Wildman–Crippen LogP) is 3.08. The summed E-state index contributed by atoms with van der Waals surface area (Å²) in [5, 5.41) is 2.97. The number of carbonyl (C=O) groups is 1. The largest absolute Gasteiger partial charge is 0.378 e. The maximum atomic E-state index is 13.2.